The van der Waals surface area contributed by atoms with Crippen molar-refractivity contribution in [2.75, 3.05) is 14.2 Å². The van der Waals surface area contributed by atoms with Gasteiger partial charge in [0.15, 0.2) is 0 Å². The number of aryl methyl sites for hydroxylation is 2. The Morgan fingerprint density at radius 2 is 1.27 bits per heavy atom. The van der Waals surface area contributed by atoms with E-state index in [9.17, 15) is 0 Å². The third kappa shape index (κ3) is 4.42. The van der Waals surface area contributed by atoms with Crippen molar-refractivity contribution in [3.8, 4) is 11.5 Å². The van der Waals surface area contributed by atoms with Crippen molar-refractivity contribution in [1.29, 1.82) is 0 Å². The number of methoxy groups -OCH3 is 2. The summed E-state index contributed by atoms with van der Waals surface area (Å²) in [5.41, 5.74) is 11.8. The number of imidazole rings is 2. The number of allylic oxidation sites excluding steroid dienone is 1. The molecule has 0 N–H and O–H groups in total. The summed E-state index contributed by atoms with van der Waals surface area (Å²) in [6.07, 6.45) is 4.06. The zero-order valence-corrected chi connectivity index (χ0v) is 32.3. The molecule has 6 nitrogen and oxygen atoms in total. The third-order valence-corrected chi connectivity index (χ3v) is 12.7. The second-order valence-electron chi connectivity index (χ2n) is 16.2. The van der Waals surface area contributed by atoms with Crippen LogP contribution < -0.4 is 9.47 Å². The van der Waals surface area contributed by atoms with Gasteiger partial charge in [0.05, 0.1) is 37.1 Å². The lowest BCUT2D eigenvalue weighted by atomic mass is 9.60. The summed E-state index contributed by atoms with van der Waals surface area (Å²) in [5, 5.41) is 7.30. The number of aromatic nitrogens is 4. The first-order valence-electron chi connectivity index (χ1n) is 18.1. The monoisotopic (exact) mass is 688 g/mol. The quantitative estimate of drug-likeness (QED) is 0.136. The number of pyridine rings is 2. The summed E-state index contributed by atoms with van der Waals surface area (Å²) >= 11 is 0. The van der Waals surface area contributed by atoms with Crippen LogP contribution in [0.25, 0.3) is 54.6 Å². The first-order chi connectivity index (χ1) is 24.6. The van der Waals surface area contributed by atoms with Gasteiger partial charge >= 0.3 is 0 Å². The van der Waals surface area contributed by atoms with Crippen LogP contribution in [0.5, 0.6) is 11.5 Å². The number of hydrogen-bond donors (Lipinski definition) is 0. The number of rotatable bonds is 4. The summed E-state index contributed by atoms with van der Waals surface area (Å²) in [7, 11) is 3.42. The van der Waals surface area contributed by atoms with Crippen LogP contribution >= 0.6 is 0 Å². The maximum absolute atomic E-state index is 5.50. The van der Waals surface area contributed by atoms with Crippen LogP contribution in [0.3, 0.4) is 0 Å². The highest BCUT2D eigenvalue weighted by molar-refractivity contribution is 6.15. The number of fused-ring (bicyclic) bond motifs is 9. The van der Waals surface area contributed by atoms with E-state index in [4.69, 9.17) is 19.4 Å². The molecule has 1 aliphatic rings. The van der Waals surface area contributed by atoms with Crippen molar-refractivity contribution in [1.82, 2.24) is 18.8 Å². The third-order valence-electron chi connectivity index (χ3n) is 12.7. The normalized spacial score (nSPS) is 14.8. The summed E-state index contributed by atoms with van der Waals surface area (Å²) in [6, 6.07) is 23.6. The largest absolute Gasteiger partial charge is 0.497 e. The summed E-state index contributed by atoms with van der Waals surface area (Å²) < 4.78 is 15.7. The lowest BCUT2D eigenvalue weighted by Gasteiger charge is -2.46. The molecule has 0 amide bonds. The van der Waals surface area contributed by atoms with Gasteiger partial charge in [0.2, 0.25) is 0 Å². The smallest absolute Gasteiger partial charge is 0.145 e. The molecule has 0 saturated carbocycles. The molecule has 8 aromatic rings. The fourth-order valence-electron chi connectivity index (χ4n) is 8.38. The number of nitrogens with zero attached hydrogens (tertiary/aromatic N) is 4. The Hall–Kier alpha value is -5.36. The summed E-state index contributed by atoms with van der Waals surface area (Å²) in [5.74, 6) is 1.71. The van der Waals surface area contributed by atoms with Crippen molar-refractivity contribution in [2.24, 2.45) is 0 Å². The second-order valence-corrected chi connectivity index (χ2v) is 16.2. The highest BCUT2D eigenvalue weighted by Crippen LogP contribution is 2.51. The van der Waals surface area contributed by atoms with Gasteiger partial charge in [0, 0.05) is 49.7 Å². The fraction of sp³-hybridized carbons (Fsp3) is 0.304. The molecular weight excluding hydrogens is 641 g/mol. The highest BCUT2D eigenvalue weighted by Gasteiger charge is 2.46. The predicted octanol–water partition coefficient (Wildman–Crippen LogP) is 11.3. The molecular formula is C46H48N4O2. The number of benzene rings is 4. The molecule has 4 aromatic carbocycles. The lowest BCUT2D eigenvalue weighted by Crippen LogP contribution is -2.44. The Kier molecular flexibility index (Phi) is 7.35. The van der Waals surface area contributed by atoms with Gasteiger partial charge in [0.1, 0.15) is 22.8 Å². The molecule has 0 spiro atoms. The van der Waals surface area contributed by atoms with Crippen LogP contribution in [0.4, 0.5) is 0 Å². The van der Waals surface area contributed by atoms with E-state index in [2.05, 4.69) is 145 Å². The summed E-state index contributed by atoms with van der Waals surface area (Å²) in [4.78, 5) is 9.69. The standard InChI is InChI=1S/2C23H24N2O/c1-13-7-10-17-20-19(13)15-9-8-14(26-6)11-16(15)21-24-12-18(25(20)21)23(4,5)22(17,2)3;1-14(2)23(4,5)20-13-24-22-18-12-16(26-6)10-11-17(18)21-15(3)8-7-9-19(21)25(20)22/h7-12H,1-6H3;7-13H,1H2,2-6H3. The maximum atomic E-state index is 5.50. The van der Waals surface area contributed by atoms with E-state index in [-0.39, 0.29) is 16.2 Å². The maximum Gasteiger partial charge on any atom is 0.145 e. The number of ether oxygens (including phenoxy) is 2. The van der Waals surface area contributed by atoms with Crippen LogP contribution in [0.15, 0.2) is 91.3 Å². The molecule has 9 rings (SSSR count). The zero-order valence-electron chi connectivity index (χ0n) is 32.3. The predicted molar refractivity (Wildman–Crippen MR) is 217 cm³/mol. The van der Waals surface area contributed by atoms with Gasteiger partial charge in [0.25, 0.3) is 0 Å². The molecule has 0 unspecified atom stereocenters. The molecule has 4 aromatic heterocycles. The Balaban J connectivity index is 0.000000149. The molecule has 264 valence electrons. The molecule has 1 aliphatic heterocycles. The van der Waals surface area contributed by atoms with E-state index in [0.717, 1.165) is 44.8 Å². The molecule has 0 atom stereocenters. The summed E-state index contributed by atoms with van der Waals surface area (Å²) in [6.45, 7) is 24.5. The van der Waals surface area contributed by atoms with E-state index in [0.29, 0.717) is 0 Å². The average Bonchev–Trinajstić information content (AvgIpc) is 3.78. The second kappa shape index (κ2) is 11.3. The number of hydrogen-bond acceptors (Lipinski definition) is 4. The van der Waals surface area contributed by atoms with Gasteiger partial charge in [-0.3, -0.25) is 8.80 Å². The van der Waals surface area contributed by atoms with Crippen LogP contribution in [0.1, 0.15) is 76.5 Å². The van der Waals surface area contributed by atoms with Crippen LogP contribution in [-0.4, -0.2) is 33.0 Å². The van der Waals surface area contributed by atoms with Crippen LogP contribution in [0.2, 0.25) is 0 Å². The molecule has 52 heavy (non-hydrogen) atoms. The van der Waals surface area contributed by atoms with E-state index in [1.165, 1.54) is 55.0 Å². The van der Waals surface area contributed by atoms with Crippen molar-refractivity contribution < 1.29 is 9.47 Å². The molecule has 0 saturated heterocycles. The topological polar surface area (TPSA) is 53.1 Å². The Morgan fingerprint density at radius 1 is 0.692 bits per heavy atom. The van der Waals surface area contributed by atoms with Gasteiger partial charge < -0.3 is 9.47 Å². The van der Waals surface area contributed by atoms with Crippen LogP contribution in [0, 0.1) is 13.8 Å². The minimum absolute atomic E-state index is 0.0159. The van der Waals surface area contributed by atoms with Gasteiger partial charge in [-0.05, 0) is 90.7 Å². The SMILES string of the molecule is C=C(C)C(C)(C)c1cnc2c3cc(OC)ccc3c3c(C)cccc3n12.COc1ccc2c(c1)c1ncc3n1c1c(ccc(C)c21)C(C)(C)C3(C)C. The van der Waals surface area contributed by atoms with Gasteiger partial charge in [-0.25, -0.2) is 9.97 Å². The van der Waals surface area contributed by atoms with Gasteiger partial charge in [-0.1, -0.05) is 78.0 Å². The van der Waals surface area contributed by atoms with E-state index in [1.807, 2.05) is 12.3 Å². The van der Waals surface area contributed by atoms with Crippen molar-refractivity contribution in [2.45, 2.75) is 78.6 Å². The van der Waals surface area contributed by atoms with E-state index >= 15 is 0 Å². The van der Waals surface area contributed by atoms with Crippen molar-refractivity contribution in [3.63, 3.8) is 0 Å². The van der Waals surface area contributed by atoms with Gasteiger partial charge in [-0.2, -0.15) is 0 Å². The average molecular weight is 689 g/mol. The van der Waals surface area contributed by atoms with Crippen LogP contribution in [-0.2, 0) is 16.2 Å². The molecule has 0 fully saturated rings. The minimum Gasteiger partial charge on any atom is -0.497 e. The molecule has 6 heteroatoms. The lowest BCUT2D eigenvalue weighted by molar-refractivity contribution is 0.288. The minimum atomic E-state index is -0.178. The molecule has 0 radical (unpaired) electrons. The zero-order chi connectivity index (χ0) is 37.1. The Morgan fingerprint density at radius 3 is 1.88 bits per heavy atom. The highest BCUT2D eigenvalue weighted by atomic mass is 16.5. The molecule has 0 bridgehead atoms. The van der Waals surface area contributed by atoms with Crippen molar-refractivity contribution in [3.05, 3.63) is 119 Å². The Labute approximate surface area is 305 Å². The van der Waals surface area contributed by atoms with E-state index < -0.39 is 0 Å². The first-order valence-corrected chi connectivity index (χ1v) is 18.1. The van der Waals surface area contributed by atoms with Crippen molar-refractivity contribution >= 4 is 54.6 Å². The molecule has 0 aliphatic carbocycles. The Bertz CT molecular complexity index is 2790. The fourth-order valence-corrected chi connectivity index (χ4v) is 8.38. The molecule has 5 heterocycles. The first kappa shape index (κ1) is 33.8. The van der Waals surface area contributed by atoms with Gasteiger partial charge in [-0.15, -0.1) is 0 Å². The van der Waals surface area contributed by atoms with E-state index in [1.54, 1.807) is 14.2 Å².